The molecule has 1 aromatic heterocycles. The third-order valence-electron chi connectivity index (χ3n) is 1.88. The molecule has 0 amide bonds. The van der Waals surface area contributed by atoms with Crippen LogP contribution >= 0.6 is 0 Å². The maximum Gasteiger partial charge on any atom is 0.103 e. The fraction of sp³-hybridized carbons (Fsp3) is 0.273. The summed E-state index contributed by atoms with van der Waals surface area (Å²) in [7, 11) is 0. The maximum atomic E-state index is 8.80. The summed E-state index contributed by atoms with van der Waals surface area (Å²) in [6.07, 6.45) is 9.29. The van der Waals surface area contributed by atoms with Crippen LogP contribution in [0.25, 0.3) is 0 Å². The van der Waals surface area contributed by atoms with Gasteiger partial charge in [0.15, 0.2) is 0 Å². The second kappa shape index (κ2) is 4.89. The molecule has 0 bridgehead atoms. The Labute approximate surface area is 83.8 Å². The number of terminal acetylenes is 1. The van der Waals surface area contributed by atoms with E-state index in [0.717, 1.165) is 12.1 Å². The van der Waals surface area contributed by atoms with E-state index in [1.54, 1.807) is 12.3 Å². The predicted molar refractivity (Wildman–Crippen MR) is 55.5 cm³/mol. The SMILES string of the molecule is C#CC(CC)Nc1ccncc1C#N. The monoisotopic (exact) mass is 185 g/mol. The minimum absolute atomic E-state index is 0.0375. The molecule has 0 aliphatic carbocycles. The van der Waals surface area contributed by atoms with Gasteiger partial charge < -0.3 is 5.32 Å². The van der Waals surface area contributed by atoms with Gasteiger partial charge in [-0.25, -0.2) is 0 Å². The molecule has 1 unspecified atom stereocenters. The number of hydrogen-bond donors (Lipinski definition) is 1. The highest BCUT2D eigenvalue weighted by atomic mass is 14.9. The van der Waals surface area contributed by atoms with Crippen LogP contribution < -0.4 is 5.32 Å². The van der Waals surface area contributed by atoms with E-state index in [1.807, 2.05) is 6.92 Å². The van der Waals surface area contributed by atoms with Crippen molar-refractivity contribution in [3.8, 4) is 18.4 Å². The Kier molecular flexibility index (Phi) is 3.52. The minimum Gasteiger partial charge on any atom is -0.370 e. The average Bonchev–Trinajstić information content (AvgIpc) is 2.26. The van der Waals surface area contributed by atoms with E-state index in [2.05, 4.69) is 22.3 Å². The molecule has 0 spiro atoms. The molecule has 0 saturated carbocycles. The quantitative estimate of drug-likeness (QED) is 0.730. The maximum absolute atomic E-state index is 8.80. The molecule has 0 radical (unpaired) electrons. The van der Waals surface area contributed by atoms with Gasteiger partial charge in [-0.1, -0.05) is 12.8 Å². The number of nitrogens with one attached hydrogen (secondary N) is 1. The van der Waals surface area contributed by atoms with E-state index in [1.165, 1.54) is 6.20 Å². The number of rotatable bonds is 3. The molecule has 1 heterocycles. The molecule has 0 aliphatic rings. The van der Waals surface area contributed by atoms with Crippen LogP contribution in [0.5, 0.6) is 0 Å². The van der Waals surface area contributed by atoms with E-state index in [-0.39, 0.29) is 6.04 Å². The third kappa shape index (κ3) is 2.24. The van der Waals surface area contributed by atoms with Crippen molar-refractivity contribution in [2.24, 2.45) is 0 Å². The number of hydrogen-bond acceptors (Lipinski definition) is 3. The molecule has 1 atom stereocenters. The number of pyridine rings is 1. The van der Waals surface area contributed by atoms with Gasteiger partial charge in [0.1, 0.15) is 6.07 Å². The van der Waals surface area contributed by atoms with Gasteiger partial charge in [-0.05, 0) is 12.5 Å². The minimum atomic E-state index is -0.0375. The second-order valence-electron chi connectivity index (χ2n) is 2.80. The van der Waals surface area contributed by atoms with Gasteiger partial charge in [-0.3, -0.25) is 4.98 Å². The van der Waals surface area contributed by atoms with Crippen LogP contribution in [-0.4, -0.2) is 11.0 Å². The van der Waals surface area contributed by atoms with Crippen molar-refractivity contribution in [1.29, 1.82) is 5.26 Å². The number of nitriles is 1. The molecule has 0 saturated heterocycles. The normalized spacial score (nSPS) is 11.1. The van der Waals surface area contributed by atoms with Gasteiger partial charge in [0.25, 0.3) is 0 Å². The molecular weight excluding hydrogens is 174 g/mol. The van der Waals surface area contributed by atoms with E-state index in [4.69, 9.17) is 11.7 Å². The first-order valence-corrected chi connectivity index (χ1v) is 4.38. The van der Waals surface area contributed by atoms with E-state index < -0.39 is 0 Å². The first-order chi connectivity index (χ1) is 6.81. The average molecular weight is 185 g/mol. The van der Waals surface area contributed by atoms with Gasteiger partial charge in [-0.2, -0.15) is 5.26 Å². The summed E-state index contributed by atoms with van der Waals surface area (Å²) in [5.74, 6) is 2.61. The van der Waals surface area contributed by atoms with Crippen molar-refractivity contribution >= 4 is 5.69 Å². The van der Waals surface area contributed by atoms with Crippen LogP contribution in [0, 0.1) is 23.7 Å². The highest BCUT2D eigenvalue weighted by Gasteiger charge is 2.05. The molecule has 0 aliphatic heterocycles. The molecule has 1 aromatic rings. The number of nitrogens with zero attached hydrogens (tertiary/aromatic N) is 2. The van der Waals surface area contributed by atoms with Crippen molar-refractivity contribution < 1.29 is 0 Å². The standard InChI is InChI=1S/C11H11N3/c1-3-10(4-2)14-11-5-6-13-8-9(11)7-12/h1,5-6,8,10H,4H2,2H3,(H,13,14). The lowest BCUT2D eigenvalue weighted by molar-refractivity contribution is 0.856. The van der Waals surface area contributed by atoms with Crippen LogP contribution in [0.1, 0.15) is 18.9 Å². The first kappa shape index (κ1) is 10.1. The second-order valence-corrected chi connectivity index (χ2v) is 2.80. The summed E-state index contributed by atoms with van der Waals surface area (Å²) in [6.45, 7) is 1.99. The summed E-state index contributed by atoms with van der Waals surface area (Å²) >= 11 is 0. The van der Waals surface area contributed by atoms with Gasteiger partial charge in [-0.15, -0.1) is 6.42 Å². The summed E-state index contributed by atoms with van der Waals surface area (Å²) in [5.41, 5.74) is 1.26. The third-order valence-corrected chi connectivity index (χ3v) is 1.88. The number of aromatic nitrogens is 1. The summed E-state index contributed by atoms with van der Waals surface area (Å²) < 4.78 is 0. The van der Waals surface area contributed by atoms with Gasteiger partial charge in [0, 0.05) is 12.4 Å². The molecule has 14 heavy (non-hydrogen) atoms. The predicted octanol–water partition coefficient (Wildman–Crippen LogP) is 1.78. The molecule has 1 N–H and O–H groups in total. The van der Waals surface area contributed by atoms with Crippen molar-refractivity contribution in [2.75, 3.05) is 5.32 Å². The fourth-order valence-corrected chi connectivity index (χ4v) is 1.06. The van der Waals surface area contributed by atoms with Crippen molar-refractivity contribution in [1.82, 2.24) is 4.98 Å². The molecule has 1 rings (SSSR count). The van der Waals surface area contributed by atoms with Crippen molar-refractivity contribution in [2.45, 2.75) is 19.4 Å². The number of anilines is 1. The lowest BCUT2D eigenvalue weighted by Gasteiger charge is -2.12. The zero-order valence-electron chi connectivity index (χ0n) is 7.99. The topological polar surface area (TPSA) is 48.7 Å². The molecule has 0 fully saturated rings. The summed E-state index contributed by atoms with van der Waals surface area (Å²) in [5, 5.41) is 11.9. The lowest BCUT2D eigenvalue weighted by atomic mass is 10.2. The van der Waals surface area contributed by atoms with E-state index >= 15 is 0 Å². The van der Waals surface area contributed by atoms with E-state index in [9.17, 15) is 0 Å². The van der Waals surface area contributed by atoms with Crippen LogP contribution in [0.4, 0.5) is 5.69 Å². The molecule has 3 nitrogen and oxygen atoms in total. The molecular formula is C11H11N3. The smallest absolute Gasteiger partial charge is 0.103 e. The van der Waals surface area contributed by atoms with Crippen LogP contribution in [0.3, 0.4) is 0 Å². The highest BCUT2D eigenvalue weighted by Crippen LogP contribution is 2.13. The first-order valence-electron chi connectivity index (χ1n) is 4.38. The fourth-order valence-electron chi connectivity index (χ4n) is 1.06. The zero-order chi connectivity index (χ0) is 10.4. The van der Waals surface area contributed by atoms with Gasteiger partial charge >= 0.3 is 0 Å². The van der Waals surface area contributed by atoms with Crippen LogP contribution in [0.15, 0.2) is 18.5 Å². The Balaban J connectivity index is 2.87. The Morgan fingerprint density at radius 2 is 2.50 bits per heavy atom. The Morgan fingerprint density at radius 1 is 1.71 bits per heavy atom. The Morgan fingerprint density at radius 3 is 3.07 bits per heavy atom. The van der Waals surface area contributed by atoms with Gasteiger partial charge in [0.2, 0.25) is 0 Å². The van der Waals surface area contributed by atoms with Gasteiger partial charge in [0.05, 0.1) is 17.3 Å². The van der Waals surface area contributed by atoms with Crippen molar-refractivity contribution in [3.63, 3.8) is 0 Å². The molecule has 70 valence electrons. The lowest BCUT2D eigenvalue weighted by Crippen LogP contribution is -2.16. The Bertz CT molecular complexity index is 384. The molecule has 0 aromatic carbocycles. The summed E-state index contributed by atoms with van der Waals surface area (Å²) in [6, 6.07) is 3.77. The van der Waals surface area contributed by atoms with Crippen LogP contribution in [-0.2, 0) is 0 Å². The van der Waals surface area contributed by atoms with Crippen molar-refractivity contribution in [3.05, 3.63) is 24.0 Å². The Hall–Kier alpha value is -2.00. The molecule has 3 heteroatoms. The van der Waals surface area contributed by atoms with Crippen LogP contribution in [0.2, 0.25) is 0 Å². The highest BCUT2D eigenvalue weighted by molar-refractivity contribution is 5.56. The summed E-state index contributed by atoms with van der Waals surface area (Å²) in [4.78, 5) is 3.86. The zero-order valence-corrected chi connectivity index (χ0v) is 7.99. The largest absolute Gasteiger partial charge is 0.370 e. The van der Waals surface area contributed by atoms with E-state index in [0.29, 0.717) is 5.56 Å².